The quantitative estimate of drug-likeness (QED) is 0.445. The Morgan fingerprint density at radius 2 is 1.51 bits per heavy atom. The van der Waals surface area contributed by atoms with Crippen LogP contribution in [0.5, 0.6) is 0 Å². The van der Waals surface area contributed by atoms with Crippen molar-refractivity contribution in [3.8, 4) is 0 Å². The van der Waals surface area contributed by atoms with Gasteiger partial charge in [0.15, 0.2) is 6.10 Å². The second-order valence-electron chi connectivity index (χ2n) is 13.5. The minimum absolute atomic E-state index is 0.0484. The molecule has 3 fully saturated rings. The monoisotopic (exact) mass is 644 g/mol. The Morgan fingerprint density at radius 1 is 0.830 bits per heavy atom. The maximum absolute atomic E-state index is 14.1. The van der Waals surface area contributed by atoms with Gasteiger partial charge in [-0.25, -0.2) is 9.59 Å². The van der Waals surface area contributed by atoms with Crippen LogP contribution in [0.4, 0.5) is 15.3 Å². The number of nitrogens with zero attached hydrogens (tertiary/aromatic N) is 4. The van der Waals surface area contributed by atoms with Gasteiger partial charge in [0.1, 0.15) is 0 Å². The maximum atomic E-state index is 14.1. The Kier molecular flexibility index (Phi) is 11.0. The molecule has 0 radical (unpaired) electrons. The van der Waals surface area contributed by atoms with E-state index in [9.17, 15) is 14.4 Å². The molecule has 6 rings (SSSR count). The largest absolute Gasteiger partial charge is 0.436 e. The highest BCUT2D eigenvalue weighted by atomic mass is 16.6. The lowest BCUT2D eigenvalue weighted by molar-refractivity contribution is -0.142. The topological polar surface area (TPSA) is 97.5 Å². The number of amides is 4. The Bertz CT molecular complexity index is 1390. The summed E-state index contributed by atoms with van der Waals surface area (Å²) in [4.78, 5) is 48.9. The number of urea groups is 1. The van der Waals surface area contributed by atoms with Crippen molar-refractivity contribution in [1.82, 2.24) is 24.9 Å². The molecular weight excluding hydrogens is 592 g/mol. The summed E-state index contributed by atoms with van der Waals surface area (Å²) in [5.41, 5.74) is 5.63. The summed E-state index contributed by atoms with van der Waals surface area (Å²) in [5, 5.41) is 6.49. The van der Waals surface area contributed by atoms with Crippen molar-refractivity contribution in [2.75, 3.05) is 64.2 Å². The Hall–Kier alpha value is -3.63. The van der Waals surface area contributed by atoms with Crippen LogP contribution in [0.25, 0.3) is 0 Å². The number of aryl methyl sites for hydroxylation is 2. The number of likely N-dealkylation sites (tertiary alicyclic amines) is 2. The molecule has 4 heterocycles. The second kappa shape index (κ2) is 15.5. The van der Waals surface area contributed by atoms with Crippen molar-refractivity contribution in [2.45, 2.75) is 83.4 Å². The van der Waals surface area contributed by atoms with Crippen molar-refractivity contribution < 1.29 is 19.1 Å². The van der Waals surface area contributed by atoms with Gasteiger partial charge < -0.3 is 30.1 Å². The first-order chi connectivity index (χ1) is 22.9. The standard InChI is InChI=1S/C37H52N6O4/c1-3-28-10-9-27(25-29(28)4-2)26-34(35(44)41-18-12-31(13-19-41)40-23-16-38-17-24-40)47-37(46)42-20-14-32(15-21-42)43-22-11-30-7-5-6-8-33(30)39-36(43)45/h5-10,25,31-32,34,38H,3-4,11-24,26H2,1-2H3,(H,39,45). The number of anilines is 1. The number of piperazine rings is 1. The summed E-state index contributed by atoms with van der Waals surface area (Å²) < 4.78 is 6.13. The van der Waals surface area contributed by atoms with Crippen LogP contribution in [-0.4, -0.2) is 115 Å². The Balaban J connectivity index is 1.09. The summed E-state index contributed by atoms with van der Waals surface area (Å²) in [6.07, 6.45) is 4.98. The number of ether oxygens (including phenoxy) is 1. The number of carbonyl (C=O) groups excluding carboxylic acids is 3. The third kappa shape index (κ3) is 7.92. The van der Waals surface area contributed by atoms with Gasteiger partial charge in [-0.15, -0.1) is 0 Å². The highest BCUT2D eigenvalue weighted by Crippen LogP contribution is 2.26. The molecule has 2 aromatic rings. The molecule has 0 bridgehead atoms. The fraction of sp³-hybridized carbons (Fsp3) is 0.595. The molecule has 0 aliphatic carbocycles. The summed E-state index contributed by atoms with van der Waals surface area (Å²) in [6.45, 7) is 11.5. The lowest BCUT2D eigenvalue weighted by atomic mass is 9.96. The molecule has 47 heavy (non-hydrogen) atoms. The molecule has 4 aliphatic rings. The van der Waals surface area contributed by atoms with Crippen molar-refractivity contribution in [3.63, 3.8) is 0 Å². The molecule has 2 N–H and O–H groups in total. The van der Waals surface area contributed by atoms with Crippen LogP contribution in [0.15, 0.2) is 42.5 Å². The van der Waals surface area contributed by atoms with Gasteiger partial charge in [0.2, 0.25) is 0 Å². The molecule has 1 unspecified atom stereocenters. The van der Waals surface area contributed by atoms with E-state index in [1.165, 1.54) is 11.1 Å². The van der Waals surface area contributed by atoms with Crippen molar-refractivity contribution in [3.05, 3.63) is 64.7 Å². The number of rotatable bonds is 8. The summed E-state index contributed by atoms with van der Waals surface area (Å²) in [5.74, 6) is -0.0922. The third-order valence-electron chi connectivity index (χ3n) is 10.7. The van der Waals surface area contributed by atoms with Gasteiger partial charge in [-0.1, -0.05) is 50.2 Å². The predicted octanol–water partition coefficient (Wildman–Crippen LogP) is 4.31. The first-order valence-electron chi connectivity index (χ1n) is 17.9. The van der Waals surface area contributed by atoms with Crippen LogP contribution < -0.4 is 10.6 Å². The molecule has 1 atom stereocenters. The molecule has 0 saturated carbocycles. The number of para-hydroxylation sites is 1. The molecule has 0 spiro atoms. The molecular formula is C37H52N6O4. The maximum Gasteiger partial charge on any atom is 0.410 e. The van der Waals surface area contributed by atoms with Crippen LogP contribution >= 0.6 is 0 Å². The molecule has 2 aromatic carbocycles. The smallest absolute Gasteiger partial charge is 0.410 e. The fourth-order valence-electron chi connectivity index (χ4n) is 7.87. The molecule has 0 aromatic heterocycles. The van der Waals surface area contributed by atoms with E-state index >= 15 is 0 Å². The zero-order valence-electron chi connectivity index (χ0n) is 28.2. The Morgan fingerprint density at radius 3 is 2.23 bits per heavy atom. The van der Waals surface area contributed by atoms with E-state index in [0.717, 1.165) is 75.1 Å². The second-order valence-corrected chi connectivity index (χ2v) is 13.5. The number of fused-ring (bicyclic) bond motifs is 1. The highest BCUT2D eigenvalue weighted by Gasteiger charge is 2.36. The predicted molar refractivity (Wildman–Crippen MR) is 184 cm³/mol. The van der Waals surface area contributed by atoms with Gasteiger partial charge in [0.25, 0.3) is 5.91 Å². The normalized spacial score (nSPS) is 20.7. The zero-order valence-corrected chi connectivity index (χ0v) is 28.2. The number of hydrogen-bond donors (Lipinski definition) is 2. The van der Waals surface area contributed by atoms with E-state index in [-0.39, 0.29) is 18.0 Å². The molecule has 10 heteroatoms. The van der Waals surface area contributed by atoms with Gasteiger partial charge in [-0.3, -0.25) is 9.69 Å². The van der Waals surface area contributed by atoms with E-state index in [1.807, 2.05) is 28.0 Å². The fourth-order valence-corrected chi connectivity index (χ4v) is 7.87. The lowest BCUT2D eigenvalue weighted by Crippen LogP contribution is -2.54. The van der Waals surface area contributed by atoms with Crippen molar-refractivity contribution in [1.29, 1.82) is 0 Å². The third-order valence-corrected chi connectivity index (χ3v) is 10.7. The zero-order chi connectivity index (χ0) is 32.8. The average molecular weight is 645 g/mol. The highest BCUT2D eigenvalue weighted by molar-refractivity contribution is 5.91. The summed E-state index contributed by atoms with van der Waals surface area (Å²) in [6, 6.07) is 14.8. The van der Waals surface area contributed by atoms with Gasteiger partial charge >= 0.3 is 12.1 Å². The van der Waals surface area contributed by atoms with Gasteiger partial charge in [0, 0.05) is 83.1 Å². The molecule has 254 valence electrons. The molecule has 4 amide bonds. The van der Waals surface area contributed by atoms with Crippen LogP contribution in [0.3, 0.4) is 0 Å². The van der Waals surface area contributed by atoms with E-state index < -0.39 is 12.2 Å². The van der Waals surface area contributed by atoms with Crippen LogP contribution in [0.2, 0.25) is 0 Å². The first kappa shape index (κ1) is 33.3. The van der Waals surface area contributed by atoms with Gasteiger partial charge in [0.05, 0.1) is 0 Å². The minimum atomic E-state index is -0.872. The Labute approximate surface area is 279 Å². The molecule has 3 saturated heterocycles. The summed E-state index contributed by atoms with van der Waals surface area (Å²) in [7, 11) is 0. The molecule has 10 nitrogen and oxygen atoms in total. The van der Waals surface area contributed by atoms with E-state index in [4.69, 9.17) is 4.74 Å². The van der Waals surface area contributed by atoms with Crippen molar-refractivity contribution in [2.24, 2.45) is 0 Å². The van der Waals surface area contributed by atoms with E-state index in [1.54, 1.807) is 4.90 Å². The number of nitrogens with one attached hydrogen (secondary N) is 2. The van der Waals surface area contributed by atoms with E-state index in [2.05, 4.69) is 53.6 Å². The van der Waals surface area contributed by atoms with Gasteiger partial charge in [-0.05, 0) is 73.3 Å². The van der Waals surface area contributed by atoms with E-state index in [0.29, 0.717) is 58.0 Å². The van der Waals surface area contributed by atoms with Crippen LogP contribution in [0.1, 0.15) is 61.8 Å². The SMILES string of the molecule is CCc1ccc(CC(OC(=O)N2CCC(N3CCc4ccccc4NC3=O)CC2)C(=O)N2CCC(N3CCNCC3)CC2)cc1CC. The lowest BCUT2D eigenvalue weighted by Gasteiger charge is -2.41. The van der Waals surface area contributed by atoms with Gasteiger partial charge in [-0.2, -0.15) is 0 Å². The average Bonchev–Trinajstić information content (AvgIpc) is 3.29. The first-order valence-corrected chi connectivity index (χ1v) is 17.9. The molecule has 4 aliphatic heterocycles. The van der Waals surface area contributed by atoms with Crippen LogP contribution in [-0.2, 0) is 35.2 Å². The van der Waals surface area contributed by atoms with Crippen LogP contribution in [0, 0.1) is 0 Å². The number of carbonyl (C=O) groups is 3. The minimum Gasteiger partial charge on any atom is -0.436 e. The summed E-state index contributed by atoms with van der Waals surface area (Å²) >= 11 is 0. The van der Waals surface area contributed by atoms with Crippen molar-refractivity contribution >= 4 is 23.7 Å². The number of piperidine rings is 2. The number of hydrogen-bond acceptors (Lipinski definition) is 6. The number of benzene rings is 2.